The Morgan fingerprint density at radius 1 is 1.32 bits per heavy atom. The normalized spacial score (nSPS) is 19.2. The topological polar surface area (TPSA) is 35.6 Å². The van der Waals surface area contributed by atoms with Gasteiger partial charge >= 0.3 is 0 Å². The fourth-order valence-electron chi connectivity index (χ4n) is 2.66. The molecular weight excluding hydrogens is 238 g/mol. The Morgan fingerprint density at radius 2 is 1.89 bits per heavy atom. The molecule has 1 N–H and O–H groups in total. The van der Waals surface area contributed by atoms with Crippen LogP contribution in [0.2, 0.25) is 0 Å². The Kier molecular flexibility index (Phi) is 6.80. The third-order valence-electron chi connectivity index (χ3n) is 4.29. The van der Waals surface area contributed by atoms with Crippen molar-refractivity contribution in [2.75, 3.05) is 40.3 Å². The van der Waals surface area contributed by atoms with Crippen molar-refractivity contribution in [1.82, 2.24) is 15.1 Å². The van der Waals surface area contributed by atoms with Crippen LogP contribution in [0.25, 0.3) is 0 Å². The van der Waals surface area contributed by atoms with Gasteiger partial charge in [-0.05, 0) is 46.7 Å². The van der Waals surface area contributed by atoms with Gasteiger partial charge in [0.1, 0.15) is 0 Å². The summed E-state index contributed by atoms with van der Waals surface area (Å²) >= 11 is 0. The second-order valence-corrected chi connectivity index (χ2v) is 6.26. The summed E-state index contributed by atoms with van der Waals surface area (Å²) < 4.78 is 0. The van der Waals surface area contributed by atoms with Gasteiger partial charge in [0.15, 0.2) is 0 Å². The SMILES string of the molecule is CNCC(C)C(=O)N1CCC(CN(C)C(C)C)CC1. The Hall–Kier alpha value is -0.610. The van der Waals surface area contributed by atoms with Crippen molar-refractivity contribution in [1.29, 1.82) is 0 Å². The number of amides is 1. The lowest BCUT2D eigenvalue weighted by Gasteiger charge is -2.36. The molecule has 1 amide bonds. The van der Waals surface area contributed by atoms with E-state index in [2.05, 4.69) is 31.1 Å². The summed E-state index contributed by atoms with van der Waals surface area (Å²) in [5.74, 6) is 1.15. The lowest BCUT2D eigenvalue weighted by atomic mass is 9.95. The van der Waals surface area contributed by atoms with E-state index < -0.39 is 0 Å². The molecule has 1 unspecified atom stereocenters. The molecule has 1 rings (SSSR count). The highest BCUT2D eigenvalue weighted by Crippen LogP contribution is 2.20. The Morgan fingerprint density at radius 3 is 2.37 bits per heavy atom. The molecule has 1 heterocycles. The van der Waals surface area contributed by atoms with Crippen LogP contribution < -0.4 is 5.32 Å². The van der Waals surface area contributed by atoms with E-state index >= 15 is 0 Å². The number of rotatable bonds is 6. The molecule has 4 nitrogen and oxygen atoms in total. The zero-order chi connectivity index (χ0) is 14.4. The van der Waals surface area contributed by atoms with E-state index in [1.807, 2.05) is 18.9 Å². The maximum Gasteiger partial charge on any atom is 0.226 e. The van der Waals surface area contributed by atoms with Crippen LogP contribution in [-0.4, -0.2) is 62.0 Å². The van der Waals surface area contributed by atoms with Crippen molar-refractivity contribution in [2.45, 2.75) is 39.7 Å². The van der Waals surface area contributed by atoms with E-state index in [0.717, 1.165) is 44.9 Å². The summed E-state index contributed by atoms with van der Waals surface area (Å²) in [5.41, 5.74) is 0. The molecule has 0 aromatic rings. The third-order valence-corrected chi connectivity index (χ3v) is 4.29. The fraction of sp³-hybridized carbons (Fsp3) is 0.933. The van der Waals surface area contributed by atoms with Gasteiger partial charge in [-0.1, -0.05) is 6.92 Å². The minimum atomic E-state index is 0.0971. The average Bonchev–Trinajstić information content (AvgIpc) is 2.39. The van der Waals surface area contributed by atoms with Crippen LogP contribution in [-0.2, 0) is 4.79 Å². The number of nitrogens with one attached hydrogen (secondary N) is 1. The van der Waals surface area contributed by atoms with E-state index in [0.29, 0.717) is 11.9 Å². The molecule has 1 aliphatic heterocycles. The first-order valence-electron chi connectivity index (χ1n) is 7.59. The Bertz CT molecular complexity index is 273. The highest BCUT2D eigenvalue weighted by Gasteiger charge is 2.26. The van der Waals surface area contributed by atoms with Crippen molar-refractivity contribution in [3.8, 4) is 0 Å². The first-order valence-corrected chi connectivity index (χ1v) is 7.59. The molecule has 1 fully saturated rings. The van der Waals surface area contributed by atoms with Gasteiger partial charge in [-0.15, -0.1) is 0 Å². The van der Waals surface area contributed by atoms with Crippen LogP contribution in [0.4, 0.5) is 0 Å². The summed E-state index contributed by atoms with van der Waals surface area (Å²) in [4.78, 5) is 16.7. The molecule has 19 heavy (non-hydrogen) atoms. The maximum atomic E-state index is 12.2. The van der Waals surface area contributed by atoms with Gasteiger partial charge in [-0.25, -0.2) is 0 Å². The van der Waals surface area contributed by atoms with Crippen LogP contribution in [0, 0.1) is 11.8 Å². The molecule has 0 aromatic carbocycles. The minimum Gasteiger partial charge on any atom is -0.342 e. The number of nitrogens with zero attached hydrogens (tertiary/aromatic N) is 2. The van der Waals surface area contributed by atoms with Crippen LogP contribution in [0.1, 0.15) is 33.6 Å². The number of hydrogen-bond donors (Lipinski definition) is 1. The predicted octanol–water partition coefficient (Wildman–Crippen LogP) is 1.42. The molecular formula is C15H31N3O. The van der Waals surface area contributed by atoms with Crippen LogP contribution in [0.15, 0.2) is 0 Å². The van der Waals surface area contributed by atoms with Crippen molar-refractivity contribution >= 4 is 5.91 Å². The standard InChI is InChI=1S/C15H31N3O/c1-12(2)17(5)11-14-6-8-18(9-7-14)15(19)13(3)10-16-4/h12-14,16H,6-11H2,1-5H3. The first-order chi connectivity index (χ1) is 8.95. The quantitative estimate of drug-likeness (QED) is 0.792. The van der Waals surface area contributed by atoms with E-state index in [-0.39, 0.29) is 5.92 Å². The predicted molar refractivity (Wildman–Crippen MR) is 80.2 cm³/mol. The lowest BCUT2D eigenvalue weighted by Crippen LogP contribution is -2.45. The first kappa shape index (κ1) is 16.4. The van der Waals surface area contributed by atoms with E-state index in [4.69, 9.17) is 0 Å². The zero-order valence-corrected chi connectivity index (χ0v) is 13.3. The molecule has 0 saturated carbocycles. The second-order valence-electron chi connectivity index (χ2n) is 6.26. The van der Waals surface area contributed by atoms with Crippen molar-refractivity contribution in [3.63, 3.8) is 0 Å². The molecule has 0 radical (unpaired) electrons. The third kappa shape index (κ3) is 5.11. The smallest absolute Gasteiger partial charge is 0.226 e. The van der Waals surface area contributed by atoms with Crippen LogP contribution in [0.3, 0.4) is 0 Å². The van der Waals surface area contributed by atoms with Crippen molar-refractivity contribution in [2.24, 2.45) is 11.8 Å². The van der Waals surface area contributed by atoms with Gasteiger partial charge in [-0.3, -0.25) is 4.79 Å². The van der Waals surface area contributed by atoms with Crippen molar-refractivity contribution < 1.29 is 4.79 Å². The summed E-state index contributed by atoms with van der Waals surface area (Å²) in [6.45, 7) is 10.3. The van der Waals surface area contributed by atoms with E-state index in [9.17, 15) is 4.79 Å². The average molecular weight is 269 g/mol. The van der Waals surface area contributed by atoms with Crippen molar-refractivity contribution in [3.05, 3.63) is 0 Å². The number of carbonyl (C=O) groups excluding carboxylic acids is 1. The second kappa shape index (κ2) is 7.85. The monoisotopic (exact) mass is 269 g/mol. The highest BCUT2D eigenvalue weighted by molar-refractivity contribution is 5.78. The molecule has 0 bridgehead atoms. The van der Waals surface area contributed by atoms with Gasteiger partial charge in [-0.2, -0.15) is 0 Å². The van der Waals surface area contributed by atoms with Gasteiger partial charge in [0.2, 0.25) is 5.91 Å². The molecule has 1 aliphatic rings. The highest BCUT2D eigenvalue weighted by atomic mass is 16.2. The van der Waals surface area contributed by atoms with Gasteiger partial charge in [0.05, 0.1) is 0 Å². The number of piperidine rings is 1. The Labute approximate surface area is 118 Å². The largest absolute Gasteiger partial charge is 0.342 e. The summed E-state index contributed by atoms with van der Waals surface area (Å²) in [6.07, 6.45) is 2.30. The molecule has 1 saturated heterocycles. The number of likely N-dealkylation sites (tertiary alicyclic amines) is 1. The molecule has 0 aromatic heterocycles. The summed E-state index contributed by atoms with van der Waals surface area (Å²) in [6, 6.07) is 0.607. The molecule has 0 aliphatic carbocycles. The lowest BCUT2D eigenvalue weighted by molar-refractivity contribution is -0.136. The molecule has 0 spiro atoms. The van der Waals surface area contributed by atoms with Crippen LogP contribution in [0.5, 0.6) is 0 Å². The number of carbonyl (C=O) groups is 1. The zero-order valence-electron chi connectivity index (χ0n) is 13.3. The molecule has 4 heteroatoms. The fourth-order valence-corrected chi connectivity index (χ4v) is 2.66. The maximum absolute atomic E-state index is 12.2. The Balaban J connectivity index is 2.34. The van der Waals surface area contributed by atoms with Gasteiger partial charge in [0, 0.05) is 38.1 Å². The van der Waals surface area contributed by atoms with Crippen LogP contribution >= 0.6 is 0 Å². The van der Waals surface area contributed by atoms with Gasteiger partial charge in [0.25, 0.3) is 0 Å². The van der Waals surface area contributed by atoms with E-state index in [1.54, 1.807) is 0 Å². The van der Waals surface area contributed by atoms with Gasteiger partial charge < -0.3 is 15.1 Å². The molecule has 1 atom stereocenters. The molecule has 112 valence electrons. The minimum absolute atomic E-state index is 0.0971. The number of hydrogen-bond acceptors (Lipinski definition) is 3. The summed E-state index contributed by atoms with van der Waals surface area (Å²) in [7, 11) is 4.09. The summed E-state index contributed by atoms with van der Waals surface area (Å²) in [5, 5.41) is 3.08. The van der Waals surface area contributed by atoms with E-state index in [1.165, 1.54) is 0 Å².